The van der Waals surface area contributed by atoms with Crippen LogP contribution in [0.25, 0.3) is 0 Å². The third-order valence-electron chi connectivity index (χ3n) is 3.92. The van der Waals surface area contributed by atoms with Crippen LogP contribution >= 0.6 is 0 Å². The minimum Gasteiger partial charge on any atom is -0.494 e. The predicted octanol–water partition coefficient (Wildman–Crippen LogP) is 3.50. The van der Waals surface area contributed by atoms with E-state index in [1.807, 2.05) is 13.0 Å². The smallest absolute Gasteiger partial charge is 0.119 e. The van der Waals surface area contributed by atoms with Crippen LogP contribution in [-0.2, 0) is 0 Å². The van der Waals surface area contributed by atoms with Gasteiger partial charge in [-0.3, -0.25) is 5.32 Å². The fourth-order valence-corrected chi connectivity index (χ4v) is 2.26. The van der Waals surface area contributed by atoms with Gasteiger partial charge in [0.25, 0.3) is 0 Å². The summed E-state index contributed by atoms with van der Waals surface area (Å²) in [6, 6.07) is 9.12. The molecule has 108 valence electrons. The van der Waals surface area contributed by atoms with E-state index < -0.39 is 5.54 Å². The topological polar surface area (TPSA) is 45.0 Å². The standard InChI is InChI=1S/C17H24N2O/c1-13-5-8-16(11-14(13)2)20-10-4-9-17(3,12-18)19-15-6-7-15/h5,8,11,15,19H,4,6-7,9-10H2,1-3H3. The number of nitrogens with one attached hydrogen (secondary N) is 1. The van der Waals surface area contributed by atoms with Crippen LogP contribution in [0.3, 0.4) is 0 Å². The molecule has 1 fully saturated rings. The average molecular weight is 272 g/mol. The summed E-state index contributed by atoms with van der Waals surface area (Å²) in [6.07, 6.45) is 4.12. The van der Waals surface area contributed by atoms with Crippen molar-refractivity contribution in [2.24, 2.45) is 0 Å². The number of rotatable bonds is 7. The number of nitrogens with zero attached hydrogens (tertiary/aromatic N) is 1. The van der Waals surface area contributed by atoms with Crippen molar-refractivity contribution in [3.63, 3.8) is 0 Å². The van der Waals surface area contributed by atoms with E-state index in [1.165, 1.54) is 24.0 Å². The lowest BCUT2D eigenvalue weighted by Gasteiger charge is -2.23. The third kappa shape index (κ3) is 4.25. The van der Waals surface area contributed by atoms with E-state index in [1.54, 1.807) is 0 Å². The van der Waals surface area contributed by atoms with E-state index in [4.69, 9.17) is 4.74 Å². The summed E-state index contributed by atoms with van der Waals surface area (Å²) in [4.78, 5) is 0. The summed E-state index contributed by atoms with van der Waals surface area (Å²) in [5.74, 6) is 0.918. The Labute approximate surface area is 121 Å². The van der Waals surface area contributed by atoms with Gasteiger partial charge < -0.3 is 4.74 Å². The minimum atomic E-state index is -0.409. The van der Waals surface area contributed by atoms with Gasteiger partial charge in [-0.25, -0.2) is 0 Å². The first kappa shape index (κ1) is 14.9. The first-order valence-corrected chi connectivity index (χ1v) is 7.41. The Morgan fingerprint density at radius 2 is 2.10 bits per heavy atom. The van der Waals surface area contributed by atoms with Crippen molar-refractivity contribution in [2.75, 3.05) is 6.61 Å². The Hall–Kier alpha value is -1.53. The molecule has 0 radical (unpaired) electrons. The quantitative estimate of drug-likeness (QED) is 0.773. The Balaban J connectivity index is 1.74. The molecule has 1 atom stereocenters. The summed E-state index contributed by atoms with van der Waals surface area (Å²) in [7, 11) is 0. The van der Waals surface area contributed by atoms with Crippen LogP contribution in [0, 0.1) is 25.2 Å². The first-order valence-electron chi connectivity index (χ1n) is 7.41. The van der Waals surface area contributed by atoms with Crippen molar-refractivity contribution in [3.05, 3.63) is 29.3 Å². The molecular formula is C17H24N2O. The predicted molar refractivity (Wildman–Crippen MR) is 80.8 cm³/mol. The Bertz CT molecular complexity index is 502. The van der Waals surface area contributed by atoms with Gasteiger partial charge in [-0.15, -0.1) is 0 Å². The molecule has 20 heavy (non-hydrogen) atoms. The van der Waals surface area contributed by atoms with Gasteiger partial charge in [-0.1, -0.05) is 6.07 Å². The molecule has 1 aromatic carbocycles. The van der Waals surface area contributed by atoms with E-state index in [0.717, 1.165) is 18.6 Å². The van der Waals surface area contributed by atoms with Gasteiger partial charge in [0.2, 0.25) is 0 Å². The summed E-state index contributed by atoms with van der Waals surface area (Å²) in [6.45, 7) is 6.84. The second kappa shape index (κ2) is 6.28. The molecule has 3 heteroatoms. The maximum atomic E-state index is 9.29. The van der Waals surface area contributed by atoms with Crippen LogP contribution in [0.4, 0.5) is 0 Å². The largest absolute Gasteiger partial charge is 0.494 e. The zero-order valence-electron chi connectivity index (χ0n) is 12.7. The van der Waals surface area contributed by atoms with E-state index in [9.17, 15) is 5.26 Å². The lowest BCUT2D eigenvalue weighted by atomic mass is 9.98. The molecule has 0 amide bonds. The zero-order chi connectivity index (χ0) is 14.6. The third-order valence-corrected chi connectivity index (χ3v) is 3.92. The van der Waals surface area contributed by atoms with Crippen LogP contribution in [-0.4, -0.2) is 18.2 Å². The molecule has 1 unspecified atom stereocenters. The second-order valence-corrected chi connectivity index (χ2v) is 6.06. The van der Waals surface area contributed by atoms with E-state index in [-0.39, 0.29) is 0 Å². The van der Waals surface area contributed by atoms with Gasteiger partial charge in [0, 0.05) is 6.04 Å². The lowest BCUT2D eigenvalue weighted by Crippen LogP contribution is -2.42. The monoisotopic (exact) mass is 272 g/mol. The molecule has 0 saturated heterocycles. The highest BCUT2D eigenvalue weighted by Gasteiger charge is 2.31. The summed E-state index contributed by atoms with van der Waals surface area (Å²) < 4.78 is 5.77. The zero-order valence-corrected chi connectivity index (χ0v) is 12.7. The van der Waals surface area contributed by atoms with E-state index >= 15 is 0 Å². The molecule has 1 aliphatic carbocycles. The van der Waals surface area contributed by atoms with Crippen molar-refractivity contribution >= 4 is 0 Å². The van der Waals surface area contributed by atoms with Gasteiger partial charge in [0.05, 0.1) is 12.7 Å². The molecule has 0 aromatic heterocycles. The van der Waals surface area contributed by atoms with Crippen LogP contribution in [0.2, 0.25) is 0 Å². The molecule has 0 spiro atoms. The molecule has 0 bridgehead atoms. The highest BCUT2D eigenvalue weighted by Crippen LogP contribution is 2.24. The van der Waals surface area contributed by atoms with E-state index in [0.29, 0.717) is 12.6 Å². The molecule has 1 N–H and O–H groups in total. The van der Waals surface area contributed by atoms with Crippen molar-refractivity contribution < 1.29 is 4.74 Å². The maximum Gasteiger partial charge on any atom is 0.119 e. The van der Waals surface area contributed by atoms with E-state index in [2.05, 4.69) is 37.4 Å². The SMILES string of the molecule is Cc1ccc(OCCCC(C)(C#N)NC2CC2)cc1C. The number of hydrogen-bond donors (Lipinski definition) is 1. The fourth-order valence-electron chi connectivity index (χ4n) is 2.26. The van der Waals surface area contributed by atoms with Gasteiger partial charge >= 0.3 is 0 Å². The van der Waals surface area contributed by atoms with Gasteiger partial charge in [-0.2, -0.15) is 5.26 Å². The highest BCUT2D eigenvalue weighted by atomic mass is 16.5. The Morgan fingerprint density at radius 1 is 1.35 bits per heavy atom. The summed E-state index contributed by atoms with van der Waals surface area (Å²) >= 11 is 0. The maximum absolute atomic E-state index is 9.29. The van der Waals surface area contributed by atoms with Crippen LogP contribution in [0.1, 0.15) is 43.7 Å². The van der Waals surface area contributed by atoms with Crippen molar-refractivity contribution in [1.29, 1.82) is 5.26 Å². The van der Waals surface area contributed by atoms with Crippen LogP contribution < -0.4 is 10.1 Å². The Kier molecular flexibility index (Phi) is 4.67. The van der Waals surface area contributed by atoms with Crippen molar-refractivity contribution in [3.8, 4) is 11.8 Å². The van der Waals surface area contributed by atoms with Gasteiger partial charge in [-0.05, 0) is 69.7 Å². The molecular weight excluding hydrogens is 248 g/mol. The van der Waals surface area contributed by atoms with Crippen LogP contribution in [0.5, 0.6) is 5.75 Å². The number of aryl methyl sites for hydroxylation is 2. The fraction of sp³-hybridized carbons (Fsp3) is 0.588. The Morgan fingerprint density at radius 3 is 2.70 bits per heavy atom. The first-order chi connectivity index (χ1) is 9.52. The molecule has 2 rings (SSSR count). The van der Waals surface area contributed by atoms with Crippen molar-refractivity contribution in [1.82, 2.24) is 5.32 Å². The number of ether oxygens (including phenoxy) is 1. The van der Waals surface area contributed by atoms with Crippen molar-refractivity contribution in [2.45, 2.75) is 58.0 Å². The number of benzene rings is 1. The average Bonchev–Trinajstić information content (AvgIpc) is 3.22. The highest BCUT2D eigenvalue weighted by molar-refractivity contribution is 5.33. The normalized spacial score (nSPS) is 17.3. The lowest BCUT2D eigenvalue weighted by molar-refractivity contribution is 0.284. The van der Waals surface area contributed by atoms with Gasteiger partial charge in [0.1, 0.15) is 11.3 Å². The number of hydrogen-bond acceptors (Lipinski definition) is 3. The molecule has 0 heterocycles. The summed E-state index contributed by atoms with van der Waals surface area (Å²) in [5.41, 5.74) is 2.12. The molecule has 0 aliphatic heterocycles. The number of nitriles is 1. The molecule has 1 aliphatic rings. The van der Waals surface area contributed by atoms with Gasteiger partial charge in [0.15, 0.2) is 0 Å². The molecule has 1 aromatic rings. The molecule has 3 nitrogen and oxygen atoms in total. The summed E-state index contributed by atoms with van der Waals surface area (Å²) in [5, 5.41) is 12.7. The van der Waals surface area contributed by atoms with Crippen LogP contribution in [0.15, 0.2) is 18.2 Å². The minimum absolute atomic E-state index is 0.409. The second-order valence-electron chi connectivity index (χ2n) is 6.06. The molecule has 1 saturated carbocycles.